The number of primary amides is 1. The molecule has 1 fully saturated rings. The molecule has 1 aliphatic carbocycles. The number of aromatic nitrogens is 3. The average Bonchev–Trinajstić information content (AvgIpc) is 3.28. The van der Waals surface area contributed by atoms with Gasteiger partial charge in [0.2, 0.25) is 5.91 Å². The Morgan fingerprint density at radius 3 is 2.50 bits per heavy atom. The molecule has 0 saturated carbocycles. The second-order valence-corrected chi connectivity index (χ2v) is 10.2. The summed E-state index contributed by atoms with van der Waals surface area (Å²) in [6.07, 6.45) is 1.31. The van der Waals surface area contributed by atoms with Gasteiger partial charge in [-0.25, -0.2) is 0 Å². The molecule has 0 radical (unpaired) electrons. The number of hydrogen-bond donors (Lipinski definition) is 1. The number of benzene rings is 1. The Hall–Kier alpha value is -3.69. The zero-order valence-corrected chi connectivity index (χ0v) is 21.2. The van der Waals surface area contributed by atoms with E-state index >= 15 is 0 Å². The molecule has 0 spiro atoms. The maximum Gasteiger partial charge on any atom is 0.435 e. The van der Waals surface area contributed by atoms with Gasteiger partial charge in [0.1, 0.15) is 12.2 Å². The van der Waals surface area contributed by atoms with Crippen LogP contribution in [0.5, 0.6) is 0 Å². The number of carbonyl (C=O) groups is 2. The highest BCUT2D eigenvalue weighted by atomic mass is 19.4. The lowest BCUT2D eigenvalue weighted by Crippen LogP contribution is -2.40. The molecule has 7 nitrogen and oxygen atoms in total. The van der Waals surface area contributed by atoms with Crippen LogP contribution in [0.1, 0.15) is 81.6 Å². The summed E-state index contributed by atoms with van der Waals surface area (Å²) in [6.45, 7) is 2.19. The van der Waals surface area contributed by atoms with Crippen LogP contribution in [0.2, 0.25) is 0 Å². The average molecular weight is 526 g/mol. The van der Waals surface area contributed by atoms with Gasteiger partial charge in [-0.15, -0.1) is 0 Å². The van der Waals surface area contributed by atoms with Crippen molar-refractivity contribution < 1.29 is 22.8 Å². The molecule has 1 aliphatic heterocycles. The summed E-state index contributed by atoms with van der Waals surface area (Å²) in [5, 5.41) is 3.58. The van der Waals surface area contributed by atoms with Crippen molar-refractivity contribution in [1.82, 2.24) is 19.7 Å². The topological polar surface area (TPSA) is 94.1 Å². The maximum absolute atomic E-state index is 13.0. The number of rotatable bonds is 5. The molecule has 5 rings (SSSR count). The largest absolute Gasteiger partial charge is 0.435 e. The number of piperidine rings is 1. The molecule has 10 heteroatoms. The number of amides is 2. The summed E-state index contributed by atoms with van der Waals surface area (Å²) in [7, 11) is 0. The van der Waals surface area contributed by atoms with Gasteiger partial charge in [0.25, 0.3) is 5.91 Å². The van der Waals surface area contributed by atoms with Gasteiger partial charge in [-0.2, -0.15) is 18.3 Å². The van der Waals surface area contributed by atoms with E-state index in [1.807, 2.05) is 18.2 Å². The molecule has 2 N–H and O–H groups in total. The highest BCUT2D eigenvalue weighted by molar-refractivity contribution is 5.93. The van der Waals surface area contributed by atoms with Crippen molar-refractivity contribution in [2.75, 3.05) is 13.1 Å². The molecule has 2 aliphatic rings. The predicted molar refractivity (Wildman–Crippen MR) is 134 cm³/mol. The summed E-state index contributed by atoms with van der Waals surface area (Å²) < 4.78 is 40.1. The molecule has 3 heterocycles. The first-order chi connectivity index (χ1) is 18.1. The maximum atomic E-state index is 13.0. The predicted octanol–water partition coefficient (Wildman–Crippen LogP) is 4.58. The van der Waals surface area contributed by atoms with E-state index in [-0.39, 0.29) is 30.0 Å². The number of alkyl halides is 3. The van der Waals surface area contributed by atoms with E-state index in [2.05, 4.69) is 22.2 Å². The number of carbonyl (C=O) groups excluding carboxylic acids is 2. The SMILES string of the molecule is Cc1cc(C(F)(F)F)nn1CC(=O)N1CCC(c2ccnc(C(N)=O)c2C2CCCc3ccccc32)CC1. The lowest BCUT2D eigenvalue weighted by molar-refractivity contribution is -0.142. The van der Waals surface area contributed by atoms with Crippen molar-refractivity contribution in [3.05, 3.63) is 81.9 Å². The van der Waals surface area contributed by atoms with Gasteiger partial charge in [0.15, 0.2) is 5.69 Å². The Labute approximate surface area is 218 Å². The standard InChI is InChI=1S/C28H30F3N5O2/c1-17-15-23(28(29,30)31)34-36(17)16-24(37)35-13-10-19(11-14-35)21-9-12-33-26(27(32)38)25(21)22-8-4-6-18-5-2-3-7-20(18)22/h2-3,5,7,9,12,15,19,22H,4,6,8,10-11,13-14,16H2,1H3,(H2,32,38). The Morgan fingerprint density at radius 2 is 1.82 bits per heavy atom. The Kier molecular flexibility index (Phi) is 6.98. The molecule has 2 amide bonds. The quantitative estimate of drug-likeness (QED) is 0.528. The molecule has 1 unspecified atom stereocenters. The van der Waals surface area contributed by atoms with Gasteiger partial charge in [-0.3, -0.25) is 19.3 Å². The fraction of sp³-hybridized carbons (Fsp3) is 0.429. The van der Waals surface area contributed by atoms with Crippen molar-refractivity contribution in [3.8, 4) is 0 Å². The van der Waals surface area contributed by atoms with Gasteiger partial charge < -0.3 is 10.6 Å². The molecule has 1 atom stereocenters. The highest BCUT2D eigenvalue weighted by Gasteiger charge is 2.35. The van der Waals surface area contributed by atoms with Crippen LogP contribution in [0.15, 0.2) is 42.6 Å². The molecular formula is C28H30F3N5O2. The van der Waals surface area contributed by atoms with Crippen LogP contribution in [0.4, 0.5) is 13.2 Å². The van der Waals surface area contributed by atoms with E-state index in [1.165, 1.54) is 18.1 Å². The highest BCUT2D eigenvalue weighted by Crippen LogP contribution is 2.42. The van der Waals surface area contributed by atoms with E-state index in [0.29, 0.717) is 31.6 Å². The summed E-state index contributed by atoms with van der Waals surface area (Å²) in [6, 6.07) is 11.2. The first-order valence-electron chi connectivity index (χ1n) is 12.9. The smallest absolute Gasteiger partial charge is 0.364 e. The molecule has 2 aromatic heterocycles. The molecule has 38 heavy (non-hydrogen) atoms. The summed E-state index contributed by atoms with van der Waals surface area (Å²) in [4.78, 5) is 31.4. The van der Waals surface area contributed by atoms with Crippen LogP contribution >= 0.6 is 0 Å². The lowest BCUT2D eigenvalue weighted by atomic mass is 9.74. The molecule has 1 aromatic carbocycles. The van der Waals surface area contributed by atoms with E-state index < -0.39 is 17.8 Å². The number of nitrogens with two attached hydrogens (primary N) is 1. The molecule has 1 saturated heterocycles. The summed E-state index contributed by atoms with van der Waals surface area (Å²) >= 11 is 0. The first-order valence-corrected chi connectivity index (χ1v) is 12.9. The first kappa shape index (κ1) is 25.9. The Morgan fingerprint density at radius 1 is 1.08 bits per heavy atom. The molecule has 0 bridgehead atoms. The van der Waals surface area contributed by atoms with Crippen molar-refractivity contribution >= 4 is 11.8 Å². The Bertz CT molecular complexity index is 1360. The van der Waals surface area contributed by atoms with E-state index in [1.54, 1.807) is 11.1 Å². The fourth-order valence-corrected chi connectivity index (χ4v) is 5.94. The minimum atomic E-state index is -4.55. The molecule has 200 valence electrons. The number of nitrogens with zero attached hydrogens (tertiary/aromatic N) is 4. The molecular weight excluding hydrogens is 495 g/mol. The van der Waals surface area contributed by atoms with Crippen molar-refractivity contribution in [2.45, 2.75) is 63.6 Å². The van der Waals surface area contributed by atoms with Crippen LogP contribution < -0.4 is 5.73 Å². The van der Waals surface area contributed by atoms with Gasteiger partial charge in [-0.1, -0.05) is 24.3 Å². The van der Waals surface area contributed by atoms with E-state index in [4.69, 9.17) is 5.73 Å². The third kappa shape index (κ3) is 5.04. The van der Waals surface area contributed by atoms with Crippen molar-refractivity contribution in [2.24, 2.45) is 5.73 Å². The molecule has 3 aromatic rings. The Balaban J connectivity index is 1.35. The third-order valence-electron chi connectivity index (χ3n) is 7.82. The van der Waals surface area contributed by atoms with Gasteiger partial charge in [0, 0.05) is 30.9 Å². The van der Waals surface area contributed by atoms with E-state index in [0.717, 1.165) is 41.1 Å². The number of hydrogen-bond acceptors (Lipinski definition) is 4. The minimum Gasteiger partial charge on any atom is -0.364 e. The zero-order valence-electron chi connectivity index (χ0n) is 21.2. The number of likely N-dealkylation sites (tertiary alicyclic amines) is 1. The number of pyridine rings is 1. The van der Waals surface area contributed by atoms with Crippen molar-refractivity contribution in [3.63, 3.8) is 0 Å². The lowest BCUT2D eigenvalue weighted by Gasteiger charge is -2.35. The normalized spacial score (nSPS) is 18.3. The van der Waals surface area contributed by atoms with Crippen LogP contribution in [0.3, 0.4) is 0 Å². The monoisotopic (exact) mass is 525 g/mol. The minimum absolute atomic E-state index is 0.0245. The zero-order chi connectivity index (χ0) is 27.0. The van der Waals surface area contributed by atoms with Crippen LogP contribution in [-0.2, 0) is 23.9 Å². The van der Waals surface area contributed by atoms with Crippen LogP contribution in [0, 0.1) is 6.92 Å². The van der Waals surface area contributed by atoms with Crippen LogP contribution in [0.25, 0.3) is 0 Å². The second kappa shape index (κ2) is 10.2. The van der Waals surface area contributed by atoms with Gasteiger partial charge in [0.05, 0.1) is 0 Å². The second-order valence-electron chi connectivity index (χ2n) is 10.2. The summed E-state index contributed by atoms with van der Waals surface area (Å²) in [5.74, 6) is -0.688. The number of aryl methyl sites for hydroxylation is 2. The van der Waals surface area contributed by atoms with E-state index in [9.17, 15) is 22.8 Å². The van der Waals surface area contributed by atoms with Crippen LogP contribution in [-0.4, -0.2) is 44.6 Å². The van der Waals surface area contributed by atoms with Crippen molar-refractivity contribution in [1.29, 1.82) is 0 Å². The summed E-state index contributed by atoms with van der Waals surface area (Å²) in [5.41, 5.74) is 9.79. The fourth-order valence-electron chi connectivity index (χ4n) is 5.94. The third-order valence-corrected chi connectivity index (χ3v) is 7.82. The van der Waals surface area contributed by atoms with Gasteiger partial charge in [-0.05, 0) is 79.3 Å². The number of fused-ring (bicyclic) bond motifs is 1. The number of halogens is 3. The van der Waals surface area contributed by atoms with Gasteiger partial charge >= 0.3 is 6.18 Å².